The van der Waals surface area contributed by atoms with Crippen molar-refractivity contribution >= 4 is 38.9 Å². The van der Waals surface area contributed by atoms with Crippen molar-refractivity contribution in [3.05, 3.63) is 48.0 Å². The van der Waals surface area contributed by atoms with Crippen LogP contribution in [0.2, 0.25) is 18.1 Å². The number of carbonyl (C=O) groups is 1. The zero-order chi connectivity index (χ0) is 23.5. The standard InChI is InChI=1S/C24H39BO4P2Si/c1-24(2,3)32(4,5)29-18(12-11-17-9-7-6-8-10-17)13-14-19-20-15-23(26)27-21(20)16-22(19)28-25(30)31/h6-10,13-14,18-22H,11-12,15-16,30-31H2,1-5H3/b14-13+/t18-,19+,20+,21-,22+/m0/s1. The summed E-state index contributed by atoms with van der Waals surface area (Å²) in [5.41, 5.74) is 1.33. The van der Waals surface area contributed by atoms with Gasteiger partial charge in [0, 0.05) is 18.3 Å². The zero-order valence-corrected chi connectivity index (χ0v) is 23.4. The molecule has 0 amide bonds. The predicted octanol–water partition coefficient (Wildman–Crippen LogP) is 5.64. The van der Waals surface area contributed by atoms with Gasteiger partial charge in [-0.25, -0.2) is 0 Å². The highest BCUT2D eigenvalue weighted by Gasteiger charge is 2.49. The summed E-state index contributed by atoms with van der Waals surface area (Å²) in [6.07, 6.45) is 7.72. The minimum atomic E-state index is -1.93. The maximum absolute atomic E-state index is 11.9. The Labute approximate surface area is 200 Å². The van der Waals surface area contributed by atoms with Gasteiger partial charge in [0.15, 0.2) is 8.32 Å². The predicted molar refractivity (Wildman–Crippen MR) is 142 cm³/mol. The highest BCUT2D eigenvalue weighted by molar-refractivity contribution is 7.92. The smallest absolute Gasteiger partial charge is 0.336 e. The SMILES string of the molecule is CC(C)(C)[Si](C)(C)O[C@H](/C=C/[C@@H]1[C@H]2CC(=O)O[C@H]2C[C@H]1OB(P)P)CCc1ccccc1. The summed E-state index contributed by atoms with van der Waals surface area (Å²) >= 11 is 0. The van der Waals surface area contributed by atoms with Crippen molar-refractivity contribution in [1.29, 1.82) is 0 Å². The summed E-state index contributed by atoms with van der Waals surface area (Å²) in [5, 5.41) is 0.147. The van der Waals surface area contributed by atoms with Crippen molar-refractivity contribution in [1.82, 2.24) is 0 Å². The fourth-order valence-electron chi connectivity index (χ4n) is 4.47. The molecule has 0 radical (unpaired) electrons. The van der Waals surface area contributed by atoms with Crippen molar-refractivity contribution in [3.63, 3.8) is 0 Å². The van der Waals surface area contributed by atoms with Crippen molar-refractivity contribution in [2.45, 2.75) is 82.9 Å². The second-order valence-corrected chi connectivity index (χ2v) is 17.5. The van der Waals surface area contributed by atoms with Gasteiger partial charge in [0.2, 0.25) is 0 Å². The number of ether oxygens (including phenoxy) is 1. The lowest BCUT2D eigenvalue weighted by atomic mass is 9.91. The molecule has 1 aromatic carbocycles. The summed E-state index contributed by atoms with van der Waals surface area (Å²) in [6.45, 7) is 11.5. The quantitative estimate of drug-likeness (QED) is 0.194. The van der Waals surface area contributed by atoms with Gasteiger partial charge in [-0.3, -0.25) is 4.79 Å². The Hall–Kier alpha value is -0.508. The summed E-state index contributed by atoms with van der Waals surface area (Å²) in [5.74, 6) is 0.278. The zero-order valence-electron chi connectivity index (χ0n) is 20.1. The Bertz CT molecular complexity index is 797. The number of hydrogen-bond donors (Lipinski definition) is 0. The molecule has 1 aliphatic carbocycles. The van der Waals surface area contributed by atoms with Gasteiger partial charge in [0.05, 0.1) is 18.6 Å². The topological polar surface area (TPSA) is 44.8 Å². The van der Waals surface area contributed by atoms with Gasteiger partial charge < -0.3 is 13.8 Å². The van der Waals surface area contributed by atoms with Gasteiger partial charge in [-0.15, -0.1) is 18.2 Å². The Morgan fingerprint density at radius 1 is 1.25 bits per heavy atom. The minimum Gasteiger partial charge on any atom is -0.462 e. The molecule has 8 heteroatoms. The number of benzene rings is 1. The first-order valence-corrected chi connectivity index (χ1v) is 16.0. The van der Waals surface area contributed by atoms with E-state index in [1.54, 1.807) is 0 Å². The molecule has 2 fully saturated rings. The van der Waals surface area contributed by atoms with Crippen LogP contribution < -0.4 is 0 Å². The molecule has 0 aromatic heterocycles. The molecule has 0 N–H and O–H groups in total. The average Bonchev–Trinajstić information content (AvgIpc) is 3.19. The van der Waals surface area contributed by atoms with Crippen LogP contribution in [0.4, 0.5) is 0 Å². The van der Waals surface area contributed by atoms with Crippen LogP contribution in [-0.2, 0) is 25.0 Å². The number of esters is 1. The molecule has 3 rings (SSSR count). The van der Waals surface area contributed by atoms with Gasteiger partial charge >= 0.3 is 12.3 Å². The van der Waals surface area contributed by atoms with Gasteiger partial charge in [0.1, 0.15) is 6.10 Å². The van der Waals surface area contributed by atoms with E-state index in [9.17, 15) is 4.79 Å². The van der Waals surface area contributed by atoms with Crippen LogP contribution in [0, 0.1) is 11.8 Å². The summed E-state index contributed by atoms with van der Waals surface area (Å²) < 4.78 is 18.6. The number of carbonyl (C=O) groups excluding carboxylic acids is 1. The number of aryl methyl sites for hydroxylation is 1. The highest BCUT2D eigenvalue weighted by Crippen LogP contribution is 2.44. The monoisotopic (exact) mass is 492 g/mol. The molecule has 1 saturated carbocycles. The molecular formula is C24H39BO4P2Si. The van der Waals surface area contributed by atoms with Gasteiger partial charge in [-0.1, -0.05) is 63.3 Å². The van der Waals surface area contributed by atoms with Crippen LogP contribution in [0.1, 0.15) is 45.6 Å². The maximum atomic E-state index is 11.9. The maximum Gasteiger partial charge on any atom is 0.336 e. The van der Waals surface area contributed by atoms with Crippen molar-refractivity contribution < 1.29 is 18.6 Å². The van der Waals surface area contributed by atoms with E-state index in [0.717, 1.165) is 19.3 Å². The molecule has 4 nitrogen and oxygen atoms in total. The molecule has 7 atom stereocenters. The second-order valence-electron chi connectivity index (χ2n) is 10.7. The lowest BCUT2D eigenvalue weighted by Gasteiger charge is -2.39. The molecule has 0 bridgehead atoms. The summed E-state index contributed by atoms with van der Waals surface area (Å²) in [6, 6.07) is 10.6. The fourth-order valence-corrected chi connectivity index (χ4v) is 6.18. The summed E-state index contributed by atoms with van der Waals surface area (Å²) in [7, 11) is 3.43. The van der Waals surface area contributed by atoms with E-state index < -0.39 is 8.32 Å². The van der Waals surface area contributed by atoms with Crippen LogP contribution >= 0.6 is 18.2 Å². The van der Waals surface area contributed by atoms with E-state index in [4.69, 9.17) is 13.8 Å². The first kappa shape index (κ1) is 26.1. The lowest BCUT2D eigenvalue weighted by Crippen LogP contribution is -2.43. The van der Waals surface area contributed by atoms with Crippen molar-refractivity contribution in [3.8, 4) is 0 Å². The van der Waals surface area contributed by atoms with E-state index in [2.05, 4.69) is 94.6 Å². The molecule has 1 heterocycles. The van der Waals surface area contributed by atoms with Crippen molar-refractivity contribution in [2.24, 2.45) is 11.8 Å². The lowest BCUT2D eigenvalue weighted by molar-refractivity contribution is -0.141. The van der Waals surface area contributed by atoms with Crippen LogP contribution in [0.3, 0.4) is 0 Å². The van der Waals surface area contributed by atoms with E-state index in [0.29, 0.717) is 6.42 Å². The average molecular weight is 492 g/mol. The van der Waals surface area contributed by atoms with E-state index >= 15 is 0 Å². The largest absolute Gasteiger partial charge is 0.462 e. The first-order valence-electron chi connectivity index (χ1n) is 11.7. The van der Waals surface area contributed by atoms with Crippen LogP contribution in [0.15, 0.2) is 42.5 Å². The molecule has 32 heavy (non-hydrogen) atoms. The molecule has 176 valence electrons. The Morgan fingerprint density at radius 2 is 1.94 bits per heavy atom. The van der Waals surface area contributed by atoms with Crippen molar-refractivity contribution in [2.75, 3.05) is 0 Å². The Balaban J connectivity index is 1.78. The van der Waals surface area contributed by atoms with E-state index in [-0.39, 0.29) is 47.5 Å². The van der Waals surface area contributed by atoms with Crippen LogP contribution in [-0.4, -0.2) is 39.0 Å². The first-order chi connectivity index (χ1) is 15.0. The molecule has 0 spiro atoms. The molecule has 1 aliphatic heterocycles. The molecule has 2 unspecified atom stereocenters. The molecule has 2 aliphatic rings. The fraction of sp³-hybridized carbons (Fsp3) is 0.625. The summed E-state index contributed by atoms with van der Waals surface area (Å²) in [4.78, 5) is 11.9. The third-order valence-corrected chi connectivity index (χ3v) is 12.1. The normalized spacial score (nSPS) is 26.9. The molecular weight excluding hydrogens is 453 g/mol. The minimum absolute atomic E-state index is 0.0113. The third kappa shape index (κ3) is 6.76. The number of fused-ring (bicyclic) bond motifs is 1. The van der Waals surface area contributed by atoms with E-state index in [1.165, 1.54) is 5.56 Å². The highest BCUT2D eigenvalue weighted by atomic mass is 31.1. The second kappa shape index (κ2) is 10.8. The molecule has 1 aromatic rings. The van der Waals surface area contributed by atoms with Crippen LogP contribution in [0.25, 0.3) is 0 Å². The Kier molecular flexibility index (Phi) is 8.83. The number of hydrogen-bond acceptors (Lipinski definition) is 4. The van der Waals surface area contributed by atoms with Gasteiger partial charge in [-0.05, 0) is 36.5 Å². The molecule has 1 saturated heterocycles. The third-order valence-electron chi connectivity index (χ3n) is 7.24. The van der Waals surface area contributed by atoms with Gasteiger partial charge in [-0.2, -0.15) is 0 Å². The Morgan fingerprint density at radius 3 is 2.56 bits per heavy atom. The van der Waals surface area contributed by atoms with E-state index in [1.807, 2.05) is 0 Å². The number of rotatable bonds is 9. The van der Waals surface area contributed by atoms with Gasteiger partial charge in [0.25, 0.3) is 0 Å². The van der Waals surface area contributed by atoms with Crippen LogP contribution in [0.5, 0.6) is 0 Å².